The number of azo groups is 3. The van der Waals surface area contributed by atoms with Crippen molar-refractivity contribution in [3.8, 4) is 17.2 Å². The van der Waals surface area contributed by atoms with Crippen molar-refractivity contribution in [1.82, 2.24) is 0 Å². The molecule has 5 N–H and O–H groups in total. The van der Waals surface area contributed by atoms with Crippen molar-refractivity contribution in [1.29, 1.82) is 0 Å². The molecule has 9 aromatic rings. The summed E-state index contributed by atoms with van der Waals surface area (Å²) in [6.07, 6.45) is 0.0680. The van der Waals surface area contributed by atoms with E-state index in [2.05, 4.69) is 36.0 Å². The second-order valence-electron chi connectivity index (χ2n) is 16.0. The van der Waals surface area contributed by atoms with Crippen LogP contribution in [0.15, 0.2) is 192 Å². The summed E-state index contributed by atoms with van der Waals surface area (Å²) < 4.78 is 112. The molecule has 0 heterocycles. The first kappa shape index (κ1) is 48.8. The summed E-state index contributed by atoms with van der Waals surface area (Å²) in [5.41, 5.74) is 2.94. The van der Waals surface area contributed by atoms with Gasteiger partial charge in [0.2, 0.25) is 0 Å². The van der Waals surface area contributed by atoms with E-state index in [0.29, 0.717) is 44.1 Å². The number of nitrogens with one attached hydrogen (secondary N) is 1. The van der Waals surface area contributed by atoms with Gasteiger partial charge in [-0.3, -0.25) is 13.7 Å². The Morgan fingerprint density at radius 3 is 1.60 bits per heavy atom. The Kier molecular flexibility index (Phi) is 13.5. The molecule has 22 heteroatoms. The van der Waals surface area contributed by atoms with Crippen molar-refractivity contribution >= 4 is 119 Å². The van der Waals surface area contributed by atoms with Crippen molar-refractivity contribution in [2.45, 2.75) is 16.2 Å². The Hall–Kier alpha value is -8.25. The lowest BCUT2D eigenvalue weighted by molar-refractivity contribution is 0.319. The Balaban J connectivity index is 1.03. The average molecular weight is 1030 g/mol. The largest absolute Gasteiger partial charge is 0.505 e. The highest BCUT2D eigenvalue weighted by molar-refractivity contribution is 7.86. The molecule has 0 spiro atoms. The fraction of sp³-hybridized carbons (Fsp3) is 0.0800. The molecule has 0 aliphatic heterocycles. The number of phenols is 1. The van der Waals surface area contributed by atoms with Gasteiger partial charge in [-0.2, -0.15) is 30.4 Å². The van der Waals surface area contributed by atoms with Crippen LogP contribution in [0.25, 0.3) is 43.1 Å². The maximum atomic E-state index is 12.3. The van der Waals surface area contributed by atoms with Gasteiger partial charge in [0.25, 0.3) is 30.4 Å². The normalized spacial score (nSPS) is 12.6. The quantitative estimate of drug-likeness (QED) is 0.0342. The molecule has 0 fully saturated rings. The Morgan fingerprint density at radius 2 is 1.01 bits per heavy atom. The van der Waals surface area contributed by atoms with E-state index in [1.807, 2.05) is 36.4 Å². The second kappa shape index (κ2) is 19.9. The number of rotatable bonds is 16. The predicted molar refractivity (Wildman–Crippen MR) is 272 cm³/mol. The van der Waals surface area contributed by atoms with E-state index in [1.165, 1.54) is 48.5 Å². The van der Waals surface area contributed by atoms with Crippen molar-refractivity contribution in [3.05, 3.63) is 152 Å². The molecule has 0 bridgehead atoms. The third-order valence-corrected chi connectivity index (χ3v) is 13.8. The van der Waals surface area contributed by atoms with Gasteiger partial charge in [0, 0.05) is 43.7 Å². The van der Waals surface area contributed by atoms with Crippen LogP contribution in [0, 0.1) is 0 Å². The summed E-state index contributed by atoms with van der Waals surface area (Å²) in [6.45, 7) is 0.0290. The van der Waals surface area contributed by atoms with Crippen LogP contribution in [0.4, 0.5) is 45.5 Å². The Morgan fingerprint density at radius 1 is 0.486 bits per heavy atom. The SMILES string of the molecule is COc1ccc(Nc2ccc3c(O)c(N=Nc4ccc(N=Nc5ccc(N=Nc6ccc7cccc(OCCCS(=O)(=O)O)c7c6)c6ccc(S(=O)(=O)O)cc56)c5ccc(S(=O)(=O)O)cc45)ccc3c2)cc1. The summed E-state index contributed by atoms with van der Waals surface area (Å²) in [6, 6.07) is 40.5. The second-order valence-corrected chi connectivity index (χ2v) is 20.5. The summed E-state index contributed by atoms with van der Waals surface area (Å²) in [5, 5.41) is 44.8. The maximum absolute atomic E-state index is 12.3. The molecule has 0 aromatic heterocycles. The number of ether oxygens (including phenoxy) is 2. The predicted octanol–water partition coefficient (Wildman–Crippen LogP) is 13.2. The topological polar surface area (TPSA) is 288 Å². The highest BCUT2D eigenvalue weighted by Gasteiger charge is 2.17. The van der Waals surface area contributed by atoms with Crippen LogP contribution >= 0.6 is 0 Å². The van der Waals surface area contributed by atoms with Crippen LogP contribution in [0.3, 0.4) is 0 Å². The standard InChI is InChI=1S/C50H39N7O12S3/c1-68-35-12-9-32(10-13-35)51-33-11-16-38-31(26-33)7-19-48(50(38)58)57-56-47-23-21-45(40-18-15-37(29-43(40)47)72(65,66)67)54-55-46-22-20-44(39-17-14-36(28-42(39)46)71(62,63)64)53-52-34-8-6-30-4-2-5-49(41(30)27-34)69-24-3-25-70(59,60)61/h2,4-23,26-29,51,58H,3,24-25H2,1H3,(H,59,60,61)(H,62,63,64)(H,65,66,67). The van der Waals surface area contributed by atoms with Crippen LogP contribution in [0.2, 0.25) is 0 Å². The minimum Gasteiger partial charge on any atom is -0.505 e. The third kappa shape index (κ3) is 11.0. The van der Waals surface area contributed by atoms with Gasteiger partial charge in [-0.05, 0) is 132 Å². The zero-order chi connectivity index (χ0) is 50.8. The van der Waals surface area contributed by atoms with E-state index in [0.717, 1.165) is 22.5 Å². The number of benzene rings is 9. The fourth-order valence-electron chi connectivity index (χ4n) is 7.73. The molecule has 0 radical (unpaired) electrons. The van der Waals surface area contributed by atoms with Crippen LogP contribution < -0.4 is 14.8 Å². The molecule has 0 aliphatic rings. The van der Waals surface area contributed by atoms with E-state index in [-0.39, 0.29) is 52.3 Å². The van der Waals surface area contributed by atoms with E-state index < -0.39 is 45.9 Å². The van der Waals surface area contributed by atoms with Crippen molar-refractivity contribution in [2.24, 2.45) is 30.7 Å². The summed E-state index contributed by atoms with van der Waals surface area (Å²) in [7, 11) is -11.9. The number of aromatic hydroxyl groups is 1. The molecular formula is C50H39N7O12S3. The molecule has 72 heavy (non-hydrogen) atoms. The summed E-state index contributed by atoms with van der Waals surface area (Å²) in [4.78, 5) is -0.867. The molecular weight excluding hydrogens is 987 g/mol. The lowest BCUT2D eigenvalue weighted by Gasteiger charge is -2.10. The number of anilines is 2. The molecule has 0 atom stereocenters. The maximum Gasteiger partial charge on any atom is 0.294 e. The number of hydrogen-bond donors (Lipinski definition) is 5. The Labute approximate surface area is 411 Å². The molecule has 0 amide bonds. The van der Waals surface area contributed by atoms with Crippen LogP contribution in [0.5, 0.6) is 17.2 Å². The first-order chi connectivity index (χ1) is 34.4. The van der Waals surface area contributed by atoms with E-state index in [4.69, 9.17) is 14.0 Å². The molecule has 0 saturated heterocycles. The fourth-order valence-corrected chi connectivity index (χ4v) is 9.23. The van der Waals surface area contributed by atoms with Gasteiger partial charge in [0.05, 0.1) is 57.7 Å². The third-order valence-electron chi connectivity index (χ3n) is 11.3. The Bertz CT molecular complexity index is 4060. The minimum absolute atomic E-state index is 0.0290. The monoisotopic (exact) mass is 1030 g/mol. The average Bonchev–Trinajstić information content (AvgIpc) is 3.35. The van der Waals surface area contributed by atoms with Gasteiger partial charge in [0.15, 0.2) is 5.75 Å². The van der Waals surface area contributed by atoms with Crippen LogP contribution in [0.1, 0.15) is 6.42 Å². The number of phenolic OH excluding ortho intramolecular Hbond substituents is 1. The lowest BCUT2D eigenvalue weighted by Crippen LogP contribution is -2.08. The first-order valence-electron chi connectivity index (χ1n) is 21.5. The number of fused-ring (bicyclic) bond motifs is 4. The summed E-state index contributed by atoms with van der Waals surface area (Å²) >= 11 is 0. The van der Waals surface area contributed by atoms with Gasteiger partial charge < -0.3 is 19.9 Å². The van der Waals surface area contributed by atoms with E-state index in [9.17, 15) is 39.5 Å². The smallest absolute Gasteiger partial charge is 0.294 e. The first-order valence-corrected chi connectivity index (χ1v) is 26.0. The van der Waals surface area contributed by atoms with Crippen LogP contribution in [-0.4, -0.2) is 63.5 Å². The van der Waals surface area contributed by atoms with Gasteiger partial charge in [-0.1, -0.05) is 36.4 Å². The highest BCUT2D eigenvalue weighted by Crippen LogP contribution is 2.42. The number of nitrogens with zero attached hydrogens (tertiary/aromatic N) is 6. The zero-order valence-electron chi connectivity index (χ0n) is 37.5. The number of methoxy groups -OCH3 is 1. The molecule has 0 unspecified atom stereocenters. The van der Waals surface area contributed by atoms with Gasteiger partial charge in [-0.15, -0.1) is 25.6 Å². The molecule has 0 saturated carbocycles. The van der Waals surface area contributed by atoms with Gasteiger partial charge in [0.1, 0.15) is 17.2 Å². The van der Waals surface area contributed by atoms with E-state index in [1.54, 1.807) is 73.8 Å². The number of hydrogen-bond acceptors (Lipinski definition) is 16. The summed E-state index contributed by atoms with van der Waals surface area (Å²) in [5.74, 6) is 0.571. The van der Waals surface area contributed by atoms with Gasteiger partial charge in [-0.25, -0.2) is 0 Å². The van der Waals surface area contributed by atoms with Crippen LogP contribution in [-0.2, 0) is 30.4 Å². The molecule has 9 aromatic carbocycles. The molecule has 364 valence electrons. The molecule has 19 nitrogen and oxygen atoms in total. The van der Waals surface area contributed by atoms with E-state index >= 15 is 0 Å². The molecule has 0 aliphatic carbocycles. The lowest BCUT2D eigenvalue weighted by atomic mass is 10.1. The zero-order valence-corrected chi connectivity index (χ0v) is 40.0. The van der Waals surface area contributed by atoms with Crippen molar-refractivity contribution < 1.29 is 53.5 Å². The van der Waals surface area contributed by atoms with Gasteiger partial charge >= 0.3 is 0 Å². The minimum atomic E-state index is -4.68. The highest BCUT2D eigenvalue weighted by atomic mass is 32.2. The molecule has 9 rings (SSSR count). The van der Waals surface area contributed by atoms with Crippen molar-refractivity contribution in [2.75, 3.05) is 24.8 Å². The van der Waals surface area contributed by atoms with Crippen molar-refractivity contribution in [3.63, 3.8) is 0 Å².